The first kappa shape index (κ1) is 23.1. The molecule has 8 heteroatoms. The lowest BCUT2D eigenvalue weighted by molar-refractivity contribution is 0.0346. The van der Waals surface area contributed by atoms with Crippen molar-refractivity contribution in [2.45, 2.75) is 56.7 Å². The smallest absolute Gasteiger partial charge is 0.424 e. The van der Waals surface area contributed by atoms with E-state index in [4.69, 9.17) is 4.74 Å². The van der Waals surface area contributed by atoms with E-state index in [1.54, 1.807) is 32.9 Å². The van der Waals surface area contributed by atoms with Crippen LogP contribution in [0.4, 0.5) is 10.5 Å². The summed E-state index contributed by atoms with van der Waals surface area (Å²) in [6.07, 6.45) is -0.611. The van der Waals surface area contributed by atoms with Crippen LogP contribution in [0.15, 0.2) is 59.5 Å². The first-order valence-electron chi connectivity index (χ1n) is 10.3. The van der Waals surface area contributed by atoms with Crippen molar-refractivity contribution in [3.8, 4) is 0 Å². The van der Waals surface area contributed by atoms with Crippen LogP contribution in [0.1, 0.15) is 32.8 Å². The number of nitrogens with zero attached hydrogens (tertiary/aromatic N) is 2. The number of para-hydroxylation sites is 1. The largest absolute Gasteiger partial charge is 0.443 e. The van der Waals surface area contributed by atoms with Crippen LogP contribution in [0.25, 0.3) is 0 Å². The number of carbonyl (C=O) groups is 1. The summed E-state index contributed by atoms with van der Waals surface area (Å²) in [7, 11) is -4.16. The van der Waals surface area contributed by atoms with Crippen molar-refractivity contribution in [1.29, 1.82) is 0 Å². The van der Waals surface area contributed by atoms with E-state index in [-0.39, 0.29) is 24.1 Å². The monoisotopic (exact) mass is 446 g/mol. The van der Waals surface area contributed by atoms with E-state index in [9.17, 15) is 18.3 Å². The first-order valence-corrected chi connectivity index (χ1v) is 11.7. The van der Waals surface area contributed by atoms with Crippen LogP contribution < -0.4 is 4.90 Å². The molecule has 1 aliphatic heterocycles. The Kier molecular flexibility index (Phi) is 6.62. The van der Waals surface area contributed by atoms with Crippen molar-refractivity contribution < 1.29 is 23.1 Å². The van der Waals surface area contributed by atoms with Crippen molar-refractivity contribution in [3.63, 3.8) is 0 Å². The molecule has 168 valence electrons. The Morgan fingerprint density at radius 3 is 2.29 bits per heavy atom. The van der Waals surface area contributed by atoms with Gasteiger partial charge in [0, 0.05) is 12.2 Å². The molecular formula is C23H30N2O5S. The van der Waals surface area contributed by atoms with Crippen molar-refractivity contribution >= 4 is 21.8 Å². The molecule has 0 aromatic heterocycles. The Labute approximate surface area is 184 Å². The van der Waals surface area contributed by atoms with Gasteiger partial charge in [-0.15, -0.1) is 0 Å². The molecule has 2 aromatic carbocycles. The molecule has 1 amide bonds. The number of carbonyl (C=O) groups excluding carboxylic acids is 1. The van der Waals surface area contributed by atoms with Gasteiger partial charge in [0.1, 0.15) is 5.60 Å². The fourth-order valence-corrected chi connectivity index (χ4v) is 5.23. The molecule has 1 N–H and O–H groups in total. The fourth-order valence-electron chi connectivity index (χ4n) is 3.74. The summed E-state index contributed by atoms with van der Waals surface area (Å²) in [6.45, 7) is 7.06. The van der Waals surface area contributed by atoms with E-state index in [1.807, 2.05) is 42.2 Å². The van der Waals surface area contributed by atoms with Crippen molar-refractivity contribution in [2.24, 2.45) is 0 Å². The predicted octanol–water partition coefficient (Wildman–Crippen LogP) is 3.56. The Morgan fingerprint density at radius 2 is 1.74 bits per heavy atom. The number of aryl methyl sites for hydroxylation is 1. The zero-order chi connectivity index (χ0) is 22.8. The van der Waals surface area contributed by atoms with Crippen molar-refractivity contribution in [1.82, 2.24) is 4.31 Å². The second-order valence-electron chi connectivity index (χ2n) is 8.81. The molecule has 3 rings (SSSR count). The first-order chi connectivity index (χ1) is 14.5. The van der Waals surface area contributed by atoms with E-state index >= 15 is 0 Å². The van der Waals surface area contributed by atoms with Crippen LogP contribution in [0, 0.1) is 6.92 Å². The number of benzene rings is 2. The molecule has 2 aromatic rings. The molecule has 2 atom stereocenters. The maximum atomic E-state index is 13.5. The molecule has 0 radical (unpaired) electrons. The van der Waals surface area contributed by atoms with E-state index in [2.05, 4.69) is 0 Å². The standard InChI is InChI=1S/C23H30N2O5S/c1-17-10-12-21(13-11-17)31(28,29)25(22(27)30-23(2,3)4)19-14-20(16-26)24(15-19)18-8-6-5-7-9-18/h5-13,19-20,26H,14-16H2,1-4H3/t19-,20-/m0/s1. The van der Waals surface area contributed by atoms with Gasteiger partial charge in [0.25, 0.3) is 10.0 Å². The number of hydrogen-bond acceptors (Lipinski definition) is 6. The minimum Gasteiger partial charge on any atom is -0.443 e. The molecule has 1 fully saturated rings. The number of aliphatic hydroxyl groups is 1. The van der Waals surface area contributed by atoms with Crippen molar-refractivity contribution in [3.05, 3.63) is 60.2 Å². The minimum atomic E-state index is -4.16. The third kappa shape index (κ3) is 5.19. The Hall–Kier alpha value is -2.58. The molecule has 0 unspecified atom stereocenters. The van der Waals surface area contributed by atoms with Crippen LogP contribution in [0.5, 0.6) is 0 Å². The summed E-state index contributed by atoms with van der Waals surface area (Å²) in [5, 5.41) is 9.95. The average molecular weight is 447 g/mol. The maximum Gasteiger partial charge on any atom is 0.424 e. The summed E-state index contributed by atoms with van der Waals surface area (Å²) in [5.41, 5.74) is 0.923. The molecular weight excluding hydrogens is 416 g/mol. The van der Waals surface area contributed by atoms with Crippen LogP contribution >= 0.6 is 0 Å². The second-order valence-corrected chi connectivity index (χ2v) is 10.6. The highest BCUT2D eigenvalue weighted by Crippen LogP contribution is 2.32. The van der Waals surface area contributed by atoms with Gasteiger partial charge in [-0.1, -0.05) is 35.9 Å². The number of ether oxygens (including phenoxy) is 1. The average Bonchev–Trinajstić information content (AvgIpc) is 3.11. The number of aliphatic hydroxyl groups excluding tert-OH is 1. The molecule has 1 heterocycles. The molecule has 0 spiro atoms. The SMILES string of the molecule is Cc1ccc(S(=O)(=O)N(C(=O)OC(C)(C)C)[C@H]2C[C@@H](CO)N(c3ccccc3)C2)cc1. The van der Waals surface area contributed by atoms with Crippen LogP contribution in [0.3, 0.4) is 0 Å². The van der Waals surface area contributed by atoms with Crippen LogP contribution in [-0.2, 0) is 14.8 Å². The Balaban J connectivity index is 2.00. The summed E-state index contributed by atoms with van der Waals surface area (Å²) in [6, 6.07) is 14.8. The summed E-state index contributed by atoms with van der Waals surface area (Å²) < 4.78 is 33.4. The third-order valence-corrected chi connectivity index (χ3v) is 7.01. The van der Waals surface area contributed by atoms with E-state index in [0.29, 0.717) is 6.42 Å². The highest BCUT2D eigenvalue weighted by atomic mass is 32.2. The second kappa shape index (κ2) is 8.88. The number of anilines is 1. The molecule has 0 bridgehead atoms. The van der Waals surface area contributed by atoms with Gasteiger partial charge in [0.15, 0.2) is 0 Å². The zero-order valence-electron chi connectivity index (χ0n) is 18.4. The van der Waals surface area contributed by atoms with Gasteiger partial charge in [-0.25, -0.2) is 13.2 Å². The lowest BCUT2D eigenvalue weighted by Gasteiger charge is -2.31. The topological polar surface area (TPSA) is 87.2 Å². The van der Waals surface area contributed by atoms with Gasteiger partial charge < -0.3 is 14.7 Å². The minimum absolute atomic E-state index is 0.0302. The predicted molar refractivity (Wildman–Crippen MR) is 120 cm³/mol. The van der Waals surface area contributed by atoms with Crippen LogP contribution in [0.2, 0.25) is 0 Å². The molecule has 1 saturated heterocycles. The quantitative estimate of drug-likeness (QED) is 0.756. The number of rotatable bonds is 5. The highest BCUT2D eigenvalue weighted by Gasteiger charge is 2.44. The molecule has 0 aliphatic carbocycles. The normalized spacial score (nSPS) is 19.3. The van der Waals surface area contributed by atoms with Gasteiger partial charge >= 0.3 is 6.09 Å². The zero-order valence-corrected chi connectivity index (χ0v) is 19.2. The number of sulfonamides is 1. The number of hydrogen-bond donors (Lipinski definition) is 1. The van der Waals surface area contributed by atoms with Crippen LogP contribution in [-0.4, -0.2) is 54.8 Å². The molecule has 1 aliphatic rings. The van der Waals surface area contributed by atoms with Gasteiger partial charge in [-0.3, -0.25) is 0 Å². The molecule has 0 saturated carbocycles. The summed E-state index contributed by atoms with van der Waals surface area (Å²) in [5.74, 6) is 0. The summed E-state index contributed by atoms with van der Waals surface area (Å²) >= 11 is 0. The van der Waals surface area contributed by atoms with Gasteiger partial charge in [-0.05, 0) is 58.4 Å². The number of amides is 1. The Morgan fingerprint density at radius 1 is 1.13 bits per heavy atom. The summed E-state index contributed by atoms with van der Waals surface area (Å²) in [4.78, 5) is 15.1. The van der Waals surface area contributed by atoms with E-state index in [1.165, 1.54) is 12.1 Å². The van der Waals surface area contributed by atoms with E-state index in [0.717, 1.165) is 15.6 Å². The fraction of sp³-hybridized carbons (Fsp3) is 0.435. The highest BCUT2D eigenvalue weighted by molar-refractivity contribution is 7.89. The third-order valence-electron chi connectivity index (χ3n) is 5.17. The van der Waals surface area contributed by atoms with Crippen molar-refractivity contribution in [2.75, 3.05) is 18.1 Å². The van der Waals surface area contributed by atoms with Gasteiger partial charge in [-0.2, -0.15) is 4.31 Å². The lowest BCUT2D eigenvalue weighted by atomic mass is 10.2. The molecule has 31 heavy (non-hydrogen) atoms. The van der Waals surface area contributed by atoms with Gasteiger partial charge in [0.05, 0.1) is 23.6 Å². The molecule has 7 nitrogen and oxygen atoms in total. The Bertz CT molecular complexity index is 1000. The maximum absolute atomic E-state index is 13.5. The van der Waals surface area contributed by atoms with E-state index < -0.39 is 27.8 Å². The van der Waals surface area contributed by atoms with Gasteiger partial charge in [0.2, 0.25) is 0 Å². The lowest BCUT2D eigenvalue weighted by Crippen LogP contribution is -2.48.